The van der Waals surface area contributed by atoms with Crippen LogP contribution in [-0.4, -0.2) is 30.5 Å². The molecule has 3 aliphatic rings. The van der Waals surface area contributed by atoms with Crippen LogP contribution in [0.4, 0.5) is 0 Å². The molecule has 2 saturated carbocycles. The van der Waals surface area contributed by atoms with E-state index in [1.54, 1.807) is 0 Å². The van der Waals surface area contributed by atoms with Gasteiger partial charge in [-0.1, -0.05) is 31.0 Å². The molecule has 0 radical (unpaired) electrons. The topological polar surface area (TPSA) is 29.5 Å². The van der Waals surface area contributed by atoms with E-state index >= 15 is 0 Å². The summed E-state index contributed by atoms with van der Waals surface area (Å²) in [5.74, 6) is 2.18. The molecule has 0 N–H and O–H groups in total. The van der Waals surface area contributed by atoms with E-state index < -0.39 is 0 Å². The zero-order chi connectivity index (χ0) is 16.4. The van der Waals surface area contributed by atoms with Crippen molar-refractivity contribution in [1.29, 1.82) is 0 Å². The first kappa shape index (κ1) is 16.0. The number of piperidine rings is 1. The van der Waals surface area contributed by atoms with Crippen molar-refractivity contribution >= 4 is 5.91 Å². The van der Waals surface area contributed by atoms with Gasteiger partial charge in [0.2, 0.25) is 5.91 Å². The van der Waals surface area contributed by atoms with Gasteiger partial charge in [-0.15, -0.1) is 0 Å². The van der Waals surface area contributed by atoms with Crippen LogP contribution in [0.3, 0.4) is 0 Å². The van der Waals surface area contributed by atoms with E-state index in [1.807, 2.05) is 30.3 Å². The lowest BCUT2D eigenvalue weighted by Gasteiger charge is -2.39. The van der Waals surface area contributed by atoms with Gasteiger partial charge in [0.1, 0.15) is 5.75 Å². The van der Waals surface area contributed by atoms with Crippen LogP contribution >= 0.6 is 0 Å². The van der Waals surface area contributed by atoms with Gasteiger partial charge < -0.3 is 9.64 Å². The van der Waals surface area contributed by atoms with E-state index in [2.05, 4.69) is 4.90 Å². The Kier molecular flexibility index (Phi) is 4.51. The first-order valence-corrected chi connectivity index (χ1v) is 9.73. The summed E-state index contributed by atoms with van der Waals surface area (Å²) in [7, 11) is 0. The molecule has 1 aromatic rings. The number of amides is 1. The van der Waals surface area contributed by atoms with Crippen molar-refractivity contribution in [2.24, 2.45) is 17.3 Å². The predicted octanol–water partition coefficient (Wildman–Crippen LogP) is 4.27. The molecule has 1 heterocycles. The Morgan fingerprint density at radius 2 is 1.92 bits per heavy atom. The van der Waals surface area contributed by atoms with Crippen molar-refractivity contribution in [1.82, 2.24) is 4.90 Å². The lowest BCUT2D eigenvalue weighted by atomic mass is 9.75. The summed E-state index contributed by atoms with van der Waals surface area (Å²) in [6.45, 7) is 2.56. The van der Waals surface area contributed by atoms with Gasteiger partial charge in [0.25, 0.3) is 0 Å². The SMILES string of the molecule is O=C(C1CCCCC12CC2)N1CCCC(COc2ccccc2)C1. The number of carbonyl (C=O) groups excluding carboxylic acids is 1. The highest BCUT2D eigenvalue weighted by molar-refractivity contribution is 5.80. The van der Waals surface area contributed by atoms with E-state index in [4.69, 9.17) is 4.74 Å². The molecule has 2 atom stereocenters. The Morgan fingerprint density at radius 1 is 1.08 bits per heavy atom. The molecule has 1 aromatic carbocycles. The summed E-state index contributed by atoms with van der Waals surface area (Å²) in [5.41, 5.74) is 0.406. The Bertz CT molecular complexity index is 566. The first-order valence-electron chi connectivity index (χ1n) is 9.73. The molecule has 3 fully saturated rings. The third kappa shape index (κ3) is 3.31. The first-order chi connectivity index (χ1) is 11.8. The van der Waals surface area contributed by atoms with E-state index in [0.717, 1.165) is 38.3 Å². The molecule has 0 bridgehead atoms. The zero-order valence-electron chi connectivity index (χ0n) is 14.6. The summed E-state index contributed by atoms with van der Waals surface area (Å²) in [6, 6.07) is 10.0. The van der Waals surface area contributed by atoms with Crippen molar-refractivity contribution in [2.45, 2.75) is 51.4 Å². The number of ether oxygens (including phenoxy) is 1. The van der Waals surface area contributed by atoms with Crippen LogP contribution in [0.2, 0.25) is 0 Å². The Morgan fingerprint density at radius 3 is 2.71 bits per heavy atom. The molecule has 24 heavy (non-hydrogen) atoms. The van der Waals surface area contributed by atoms with Gasteiger partial charge in [-0.05, 0) is 56.1 Å². The van der Waals surface area contributed by atoms with Crippen molar-refractivity contribution in [3.05, 3.63) is 30.3 Å². The van der Waals surface area contributed by atoms with E-state index in [0.29, 0.717) is 23.2 Å². The standard InChI is InChI=1S/C21H29NO2/c23-20(19-10-4-5-11-21(19)12-13-21)22-14-6-7-17(15-22)16-24-18-8-2-1-3-9-18/h1-3,8-9,17,19H,4-7,10-16H2. The number of likely N-dealkylation sites (tertiary alicyclic amines) is 1. The predicted molar refractivity (Wildman–Crippen MR) is 94.9 cm³/mol. The number of carbonyl (C=O) groups is 1. The third-order valence-electron chi connectivity index (χ3n) is 6.41. The van der Waals surface area contributed by atoms with E-state index in [1.165, 1.54) is 38.5 Å². The van der Waals surface area contributed by atoms with Gasteiger partial charge in [0.05, 0.1) is 6.61 Å². The third-order valence-corrected chi connectivity index (χ3v) is 6.41. The van der Waals surface area contributed by atoms with Gasteiger partial charge in [-0.2, -0.15) is 0 Å². The molecular formula is C21H29NO2. The molecule has 1 aliphatic heterocycles. The molecule has 3 nitrogen and oxygen atoms in total. The quantitative estimate of drug-likeness (QED) is 0.826. The maximum atomic E-state index is 13.1. The largest absolute Gasteiger partial charge is 0.493 e. The maximum Gasteiger partial charge on any atom is 0.226 e. The molecule has 2 unspecified atom stereocenters. The molecule has 4 rings (SSSR count). The molecule has 130 valence electrons. The second-order valence-electron chi connectivity index (χ2n) is 8.08. The lowest BCUT2D eigenvalue weighted by molar-refractivity contribution is -0.141. The van der Waals surface area contributed by atoms with E-state index in [-0.39, 0.29) is 0 Å². The van der Waals surface area contributed by atoms with Crippen LogP contribution in [-0.2, 0) is 4.79 Å². The van der Waals surface area contributed by atoms with Crippen molar-refractivity contribution in [2.75, 3.05) is 19.7 Å². The number of hydrogen-bond donors (Lipinski definition) is 0. The highest BCUT2D eigenvalue weighted by Crippen LogP contribution is 2.60. The highest BCUT2D eigenvalue weighted by atomic mass is 16.5. The normalized spacial score (nSPS) is 28.6. The second kappa shape index (κ2) is 6.78. The highest BCUT2D eigenvalue weighted by Gasteiger charge is 2.53. The van der Waals surface area contributed by atoms with Crippen LogP contribution in [0, 0.1) is 17.3 Å². The number of rotatable bonds is 4. The average Bonchev–Trinajstić information content (AvgIpc) is 3.40. The minimum atomic E-state index is 0.319. The fourth-order valence-corrected chi connectivity index (χ4v) is 4.80. The summed E-state index contributed by atoms with van der Waals surface area (Å²) in [4.78, 5) is 15.3. The smallest absolute Gasteiger partial charge is 0.226 e. The molecular weight excluding hydrogens is 298 g/mol. The molecule has 2 aliphatic carbocycles. The fourth-order valence-electron chi connectivity index (χ4n) is 4.80. The fraction of sp³-hybridized carbons (Fsp3) is 0.667. The van der Waals surface area contributed by atoms with Crippen molar-refractivity contribution in [3.63, 3.8) is 0 Å². The zero-order valence-corrected chi connectivity index (χ0v) is 14.6. The van der Waals surface area contributed by atoms with Gasteiger partial charge in [0, 0.05) is 24.9 Å². The molecule has 0 aromatic heterocycles. The average molecular weight is 327 g/mol. The minimum Gasteiger partial charge on any atom is -0.493 e. The Hall–Kier alpha value is -1.51. The number of para-hydroxylation sites is 1. The van der Waals surface area contributed by atoms with Crippen LogP contribution in [0.1, 0.15) is 51.4 Å². The summed E-state index contributed by atoms with van der Waals surface area (Å²) in [6.07, 6.45) is 9.86. The Balaban J connectivity index is 1.33. The van der Waals surface area contributed by atoms with Crippen LogP contribution < -0.4 is 4.74 Å². The Labute approximate surface area is 145 Å². The minimum absolute atomic E-state index is 0.319. The van der Waals surface area contributed by atoms with Crippen LogP contribution in [0.25, 0.3) is 0 Å². The summed E-state index contributed by atoms with van der Waals surface area (Å²) < 4.78 is 5.93. The second-order valence-corrected chi connectivity index (χ2v) is 8.08. The monoisotopic (exact) mass is 327 g/mol. The van der Waals surface area contributed by atoms with Crippen LogP contribution in [0.5, 0.6) is 5.75 Å². The number of nitrogens with zero attached hydrogens (tertiary/aromatic N) is 1. The van der Waals surface area contributed by atoms with Gasteiger partial charge in [-0.3, -0.25) is 4.79 Å². The molecule has 1 amide bonds. The van der Waals surface area contributed by atoms with Crippen molar-refractivity contribution in [3.8, 4) is 5.75 Å². The lowest BCUT2D eigenvalue weighted by Crippen LogP contribution is -2.46. The van der Waals surface area contributed by atoms with Crippen molar-refractivity contribution < 1.29 is 9.53 Å². The number of hydrogen-bond acceptors (Lipinski definition) is 2. The van der Waals surface area contributed by atoms with Gasteiger partial charge in [-0.25, -0.2) is 0 Å². The molecule has 1 spiro atoms. The van der Waals surface area contributed by atoms with E-state index in [9.17, 15) is 4.79 Å². The van der Waals surface area contributed by atoms with Gasteiger partial charge in [0.15, 0.2) is 0 Å². The molecule has 1 saturated heterocycles. The maximum absolute atomic E-state index is 13.1. The summed E-state index contributed by atoms with van der Waals surface area (Å²) >= 11 is 0. The van der Waals surface area contributed by atoms with Crippen LogP contribution in [0.15, 0.2) is 30.3 Å². The number of benzene rings is 1. The summed E-state index contributed by atoms with van der Waals surface area (Å²) in [5, 5.41) is 0. The molecule has 3 heteroatoms. The van der Waals surface area contributed by atoms with Gasteiger partial charge >= 0.3 is 0 Å².